The molecule has 1 aliphatic heterocycles. The Morgan fingerprint density at radius 2 is 1.73 bits per heavy atom. The molecule has 1 aliphatic rings. The van der Waals surface area contributed by atoms with Gasteiger partial charge >= 0.3 is 12.1 Å². The zero-order valence-electron chi connectivity index (χ0n) is 24.0. The molecule has 0 aromatic heterocycles. The van der Waals surface area contributed by atoms with E-state index in [4.69, 9.17) is 9.47 Å². The van der Waals surface area contributed by atoms with E-state index in [-0.39, 0.29) is 13.0 Å². The van der Waals surface area contributed by atoms with E-state index >= 15 is 0 Å². The van der Waals surface area contributed by atoms with Gasteiger partial charge in [0.25, 0.3) is 0 Å². The van der Waals surface area contributed by atoms with Gasteiger partial charge in [-0.15, -0.1) is 6.58 Å². The van der Waals surface area contributed by atoms with Gasteiger partial charge in [-0.1, -0.05) is 73.5 Å². The summed E-state index contributed by atoms with van der Waals surface area (Å²) in [6, 6.07) is 15.7. The van der Waals surface area contributed by atoms with E-state index in [9.17, 15) is 19.5 Å². The fourth-order valence-corrected chi connectivity index (χ4v) is 5.12. The fraction of sp³-hybridized carbons (Fsp3) is 0.469. The summed E-state index contributed by atoms with van der Waals surface area (Å²) in [5.41, 5.74) is 1.13. The number of carbonyl (C=O) groups is 3. The SMILES string of the molecule is C=CCCCCC[C@H](NC(=O)OC(C)(C)C)C(=O)N1CC(OC)(c2ccc(-c3ccccc3)cc2)CC1C(=O)O. The highest BCUT2D eigenvalue weighted by Gasteiger charge is 2.51. The van der Waals surface area contributed by atoms with Crippen LogP contribution in [0.2, 0.25) is 0 Å². The molecule has 40 heavy (non-hydrogen) atoms. The average molecular weight is 551 g/mol. The maximum absolute atomic E-state index is 13.9. The van der Waals surface area contributed by atoms with Gasteiger partial charge in [0.05, 0.1) is 6.54 Å². The van der Waals surface area contributed by atoms with Crippen LogP contribution in [0.25, 0.3) is 11.1 Å². The molecule has 0 radical (unpaired) electrons. The first-order chi connectivity index (χ1) is 19.0. The zero-order chi connectivity index (χ0) is 29.3. The van der Waals surface area contributed by atoms with E-state index < -0.39 is 41.3 Å². The lowest BCUT2D eigenvalue weighted by molar-refractivity contribution is -0.149. The highest BCUT2D eigenvalue weighted by Crippen LogP contribution is 2.40. The second-order valence-electron chi connectivity index (χ2n) is 11.3. The second kappa shape index (κ2) is 13.6. The van der Waals surface area contributed by atoms with Crippen molar-refractivity contribution >= 4 is 18.0 Å². The summed E-state index contributed by atoms with van der Waals surface area (Å²) < 4.78 is 11.4. The Labute approximate surface area is 237 Å². The molecule has 0 bridgehead atoms. The molecule has 2 amide bonds. The number of amides is 2. The van der Waals surface area contributed by atoms with Crippen LogP contribution in [0.4, 0.5) is 4.79 Å². The summed E-state index contributed by atoms with van der Waals surface area (Å²) >= 11 is 0. The van der Waals surface area contributed by atoms with Gasteiger partial charge in [-0.3, -0.25) is 4.79 Å². The van der Waals surface area contributed by atoms with Crippen LogP contribution < -0.4 is 5.32 Å². The van der Waals surface area contributed by atoms with Crippen LogP contribution in [0.15, 0.2) is 67.3 Å². The highest BCUT2D eigenvalue weighted by atomic mass is 16.6. The lowest BCUT2D eigenvalue weighted by Crippen LogP contribution is -2.52. The summed E-state index contributed by atoms with van der Waals surface area (Å²) in [5.74, 6) is -1.57. The molecular weight excluding hydrogens is 508 g/mol. The van der Waals surface area contributed by atoms with Crippen molar-refractivity contribution in [1.29, 1.82) is 0 Å². The Kier molecular flexibility index (Phi) is 10.5. The molecule has 3 rings (SSSR count). The van der Waals surface area contributed by atoms with Crippen LogP contribution in [-0.4, -0.2) is 59.3 Å². The first kappa shape index (κ1) is 30.9. The van der Waals surface area contributed by atoms with Crippen molar-refractivity contribution in [3.63, 3.8) is 0 Å². The molecule has 2 unspecified atom stereocenters. The number of alkyl carbamates (subject to hydrolysis) is 1. The van der Waals surface area contributed by atoms with Gasteiger partial charge in [-0.05, 0) is 56.7 Å². The summed E-state index contributed by atoms with van der Waals surface area (Å²) in [5, 5.41) is 12.8. The van der Waals surface area contributed by atoms with Crippen molar-refractivity contribution in [2.75, 3.05) is 13.7 Å². The van der Waals surface area contributed by atoms with E-state index in [1.54, 1.807) is 20.8 Å². The van der Waals surface area contributed by atoms with E-state index in [1.165, 1.54) is 12.0 Å². The van der Waals surface area contributed by atoms with Crippen LogP contribution in [0.3, 0.4) is 0 Å². The minimum absolute atomic E-state index is 0.0486. The number of unbranched alkanes of at least 4 members (excludes halogenated alkanes) is 3. The number of carboxylic acid groups (broad SMARTS) is 1. The molecule has 1 fully saturated rings. The van der Waals surface area contributed by atoms with Crippen LogP contribution in [0.1, 0.15) is 64.9 Å². The van der Waals surface area contributed by atoms with Gasteiger partial charge < -0.3 is 24.8 Å². The topological polar surface area (TPSA) is 105 Å². The molecule has 216 valence electrons. The number of allylic oxidation sites excluding steroid dienone is 1. The number of likely N-dealkylation sites (tertiary alicyclic amines) is 1. The lowest BCUT2D eigenvalue weighted by Gasteiger charge is -2.30. The summed E-state index contributed by atoms with van der Waals surface area (Å²) in [4.78, 5) is 40.2. The van der Waals surface area contributed by atoms with Gasteiger partial charge in [-0.2, -0.15) is 0 Å². The highest BCUT2D eigenvalue weighted by molar-refractivity contribution is 5.90. The number of carbonyl (C=O) groups excluding carboxylic acids is 2. The van der Waals surface area contributed by atoms with Crippen LogP contribution in [-0.2, 0) is 24.7 Å². The molecule has 2 N–H and O–H groups in total. The molecule has 0 spiro atoms. The quantitative estimate of drug-likeness (QED) is 0.251. The van der Waals surface area contributed by atoms with E-state index in [0.29, 0.717) is 12.8 Å². The molecule has 0 aliphatic carbocycles. The van der Waals surface area contributed by atoms with Crippen molar-refractivity contribution in [3.05, 3.63) is 72.8 Å². The van der Waals surface area contributed by atoms with Gasteiger partial charge in [0.2, 0.25) is 5.91 Å². The number of aliphatic carboxylic acids is 1. The number of ether oxygens (including phenoxy) is 2. The molecule has 1 saturated heterocycles. The Morgan fingerprint density at radius 3 is 2.30 bits per heavy atom. The van der Waals surface area contributed by atoms with E-state index in [1.807, 2.05) is 60.7 Å². The van der Waals surface area contributed by atoms with Crippen molar-refractivity contribution in [1.82, 2.24) is 10.2 Å². The van der Waals surface area contributed by atoms with Crippen molar-refractivity contribution in [2.24, 2.45) is 0 Å². The average Bonchev–Trinajstić information content (AvgIpc) is 3.33. The number of nitrogens with one attached hydrogen (secondary N) is 1. The summed E-state index contributed by atoms with van der Waals surface area (Å²) in [6.07, 6.45) is 4.91. The van der Waals surface area contributed by atoms with Crippen LogP contribution in [0.5, 0.6) is 0 Å². The smallest absolute Gasteiger partial charge is 0.408 e. The van der Waals surface area contributed by atoms with Gasteiger partial charge in [0.15, 0.2) is 0 Å². The molecule has 8 nitrogen and oxygen atoms in total. The summed E-state index contributed by atoms with van der Waals surface area (Å²) in [7, 11) is 1.54. The second-order valence-corrected chi connectivity index (χ2v) is 11.3. The Morgan fingerprint density at radius 1 is 1.07 bits per heavy atom. The first-order valence-electron chi connectivity index (χ1n) is 13.8. The number of carboxylic acids is 1. The molecule has 8 heteroatoms. The fourth-order valence-electron chi connectivity index (χ4n) is 5.12. The molecule has 2 aromatic rings. The minimum atomic E-state index is -1.12. The largest absolute Gasteiger partial charge is 0.480 e. The number of nitrogens with zero attached hydrogens (tertiary/aromatic N) is 1. The maximum atomic E-state index is 13.9. The Hall–Kier alpha value is -3.65. The van der Waals surface area contributed by atoms with Gasteiger partial charge in [0.1, 0.15) is 23.3 Å². The van der Waals surface area contributed by atoms with E-state index in [2.05, 4.69) is 11.9 Å². The number of hydrogen-bond acceptors (Lipinski definition) is 5. The predicted octanol–water partition coefficient (Wildman–Crippen LogP) is 5.91. The van der Waals surface area contributed by atoms with Crippen LogP contribution in [0, 0.1) is 0 Å². The third-order valence-corrected chi connectivity index (χ3v) is 7.19. The normalized spacial score (nSPS) is 19.6. The number of rotatable bonds is 12. The predicted molar refractivity (Wildman–Crippen MR) is 155 cm³/mol. The monoisotopic (exact) mass is 550 g/mol. The summed E-state index contributed by atoms with van der Waals surface area (Å²) in [6.45, 7) is 9.02. The molecule has 3 atom stereocenters. The standard InChI is InChI=1S/C32H42N2O6/c1-6-7-8-9-13-16-26(33-30(38)40-31(2,3)4)28(35)34-22-32(39-5,21-27(34)29(36)37)25-19-17-24(18-20-25)23-14-11-10-12-15-23/h6,10-12,14-15,17-20,26-27H,1,7-9,13,16,21-22H2,2-5H3,(H,33,38)(H,36,37)/t26-,27?,32?/m0/s1. The van der Waals surface area contributed by atoms with Crippen LogP contribution >= 0.6 is 0 Å². The Balaban J connectivity index is 1.85. The zero-order valence-corrected chi connectivity index (χ0v) is 24.0. The number of benzene rings is 2. The van der Waals surface area contributed by atoms with Gasteiger partial charge in [-0.25, -0.2) is 9.59 Å². The molecule has 1 heterocycles. The molecule has 0 saturated carbocycles. The molecular formula is C32H42N2O6. The minimum Gasteiger partial charge on any atom is -0.480 e. The lowest BCUT2D eigenvalue weighted by atomic mass is 9.89. The maximum Gasteiger partial charge on any atom is 0.408 e. The van der Waals surface area contributed by atoms with E-state index in [0.717, 1.165) is 36.0 Å². The molecule has 2 aromatic carbocycles. The van der Waals surface area contributed by atoms with Crippen molar-refractivity contribution in [2.45, 2.75) is 82.6 Å². The third kappa shape index (κ3) is 7.94. The number of methoxy groups -OCH3 is 1. The number of hydrogen-bond donors (Lipinski definition) is 2. The first-order valence-corrected chi connectivity index (χ1v) is 13.8. The Bertz CT molecular complexity index is 1160. The van der Waals surface area contributed by atoms with Gasteiger partial charge in [0, 0.05) is 13.5 Å². The van der Waals surface area contributed by atoms with Crippen molar-refractivity contribution < 1.29 is 29.0 Å². The van der Waals surface area contributed by atoms with Crippen molar-refractivity contribution in [3.8, 4) is 11.1 Å². The third-order valence-electron chi connectivity index (χ3n) is 7.19.